The third-order valence-electron chi connectivity index (χ3n) is 6.87. The van der Waals surface area contributed by atoms with Crippen molar-refractivity contribution >= 4 is 20.4 Å². The first-order valence-electron chi connectivity index (χ1n) is 11.1. The van der Waals surface area contributed by atoms with Gasteiger partial charge in [-0.25, -0.2) is 4.98 Å². The van der Waals surface area contributed by atoms with Gasteiger partial charge in [-0.05, 0) is 47.5 Å². The fourth-order valence-corrected chi connectivity index (χ4v) is 4.92. The minimum Gasteiger partial charge on any atom is -0.481 e. The van der Waals surface area contributed by atoms with E-state index in [4.69, 9.17) is 14.1 Å². The van der Waals surface area contributed by atoms with Crippen LogP contribution in [0.2, 0.25) is 18.1 Å². The number of carbonyl (C=O) groups excluding carboxylic acids is 1. The zero-order valence-electron chi connectivity index (χ0n) is 20.1. The Balaban J connectivity index is 1.90. The number of para-hydroxylation sites is 1. The molecule has 3 aromatic rings. The predicted octanol–water partition coefficient (Wildman–Crippen LogP) is 5.74. The molecular formula is C26H31N3O3Si. The maximum atomic E-state index is 12.5. The van der Waals surface area contributed by atoms with Crippen LogP contribution >= 0.6 is 0 Å². The van der Waals surface area contributed by atoms with Crippen molar-refractivity contribution in [2.24, 2.45) is 0 Å². The molecule has 4 rings (SSSR count). The molecular weight excluding hydrogens is 430 g/mol. The number of methoxy groups -OCH3 is 1. The van der Waals surface area contributed by atoms with Gasteiger partial charge in [0.2, 0.25) is 12.3 Å². The van der Waals surface area contributed by atoms with Crippen LogP contribution < -0.4 is 9.64 Å². The molecule has 0 fully saturated rings. The zero-order valence-corrected chi connectivity index (χ0v) is 21.1. The van der Waals surface area contributed by atoms with Gasteiger partial charge in [0.25, 0.3) is 0 Å². The van der Waals surface area contributed by atoms with Gasteiger partial charge in [-0.1, -0.05) is 39.0 Å². The number of amides is 1. The van der Waals surface area contributed by atoms with E-state index in [1.54, 1.807) is 18.2 Å². The molecule has 172 valence electrons. The van der Waals surface area contributed by atoms with Crippen LogP contribution in [0, 0.1) is 0 Å². The van der Waals surface area contributed by atoms with Crippen molar-refractivity contribution in [3.8, 4) is 17.0 Å². The van der Waals surface area contributed by atoms with E-state index in [0.717, 1.165) is 40.0 Å². The van der Waals surface area contributed by atoms with Gasteiger partial charge in [0.15, 0.2) is 8.32 Å². The molecule has 2 aromatic heterocycles. The summed E-state index contributed by atoms with van der Waals surface area (Å²) in [7, 11) is -0.408. The zero-order chi connectivity index (χ0) is 23.8. The van der Waals surface area contributed by atoms with E-state index < -0.39 is 8.32 Å². The SMILES string of the molecule is COc1cc(C2c3c(ccnc3CO[Si](C)(C)C(C)(C)C)-c3ccccc3N2C=O)ccn1. The molecule has 1 aliphatic heterocycles. The fourth-order valence-electron chi connectivity index (χ4n) is 3.99. The molecule has 7 heteroatoms. The van der Waals surface area contributed by atoms with Crippen LogP contribution in [0.4, 0.5) is 5.69 Å². The highest BCUT2D eigenvalue weighted by Gasteiger charge is 2.39. The van der Waals surface area contributed by atoms with Crippen molar-refractivity contribution in [2.75, 3.05) is 12.0 Å². The van der Waals surface area contributed by atoms with Crippen LogP contribution in [-0.4, -0.2) is 31.8 Å². The average molecular weight is 462 g/mol. The van der Waals surface area contributed by atoms with Gasteiger partial charge >= 0.3 is 0 Å². The Morgan fingerprint density at radius 3 is 2.48 bits per heavy atom. The molecule has 0 N–H and O–H groups in total. The molecule has 1 aromatic carbocycles. The Bertz CT molecular complexity index is 1170. The van der Waals surface area contributed by atoms with Crippen molar-refractivity contribution in [2.45, 2.75) is 51.6 Å². The first-order valence-corrected chi connectivity index (χ1v) is 14.0. The summed E-state index contributed by atoms with van der Waals surface area (Å²) in [6.45, 7) is 11.5. The molecule has 6 nitrogen and oxygen atoms in total. The van der Waals surface area contributed by atoms with E-state index in [2.05, 4.69) is 38.8 Å². The standard InChI is InChI=1S/C26H31N3O3Si/c1-26(2,3)33(5,6)32-16-21-24-20(12-14-27-21)19-9-7-8-10-22(19)29(17-30)25(24)18-11-13-28-23(15-18)31-4/h7-15,17,25H,16H2,1-6H3. The minimum absolute atomic E-state index is 0.0845. The van der Waals surface area contributed by atoms with Crippen molar-refractivity contribution in [3.05, 3.63) is 71.7 Å². The van der Waals surface area contributed by atoms with Crippen LogP contribution in [0.3, 0.4) is 0 Å². The van der Waals surface area contributed by atoms with Crippen LogP contribution in [0.1, 0.15) is 43.6 Å². The molecule has 3 heterocycles. The highest BCUT2D eigenvalue weighted by Crippen LogP contribution is 2.48. The molecule has 0 spiro atoms. The molecule has 1 aliphatic rings. The van der Waals surface area contributed by atoms with E-state index in [9.17, 15) is 4.79 Å². The van der Waals surface area contributed by atoms with Gasteiger partial charge in [-0.3, -0.25) is 9.78 Å². The number of anilines is 1. The van der Waals surface area contributed by atoms with Gasteiger partial charge in [0.05, 0.1) is 31.1 Å². The number of hydrogen-bond acceptors (Lipinski definition) is 5. The number of benzene rings is 1. The fraction of sp³-hybridized carbons (Fsp3) is 0.346. The summed E-state index contributed by atoms with van der Waals surface area (Å²) in [5.41, 5.74) is 5.67. The van der Waals surface area contributed by atoms with Crippen molar-refractivity contribution in [1.29, 1.82) is 0 Å². The number of rotatable bonds is 6. The number of fused-ring (bicyclic) bond motifs is 3. The van der Waals surface area contributed by atoms with Crippen molar-refractivity contribution in [1.82, 2.24) is 9.97 Å². The molecule has 0 aliphatic carbocycles. The van der Waals surface area contributed by atoms with Crippen molar-refractivity contribution < 1.29 is 14.0 Å². The average Bonchev–Trinajstić information content (AvgIpc) is 2.81. The van der Waals surface area contributed by atoms with Crippen LogP contribution in [-0.2, 0) is 15.8 Å². The van der Waals surface area contributed by atoms with Crippen molar-refractivity contribution in [3.63, 3.8) is 0 Å². The van der Waals surface area contributed by atoms with Crippen LogP contribution in [0.15, 0.2) is 54.9 Å². The smallest absolute Gasteiger partial charge is 0.215 e. The molecule has 0 bridgehead atoms. The summed E-state index contributed by atoms with van der Waals surface area (Å²) in [5, 5.41) is 0.0845. The van der Waals surface area contributed by atoms with Gasteiger partial charge < -0.3 is 14.1 Å². The summed E-state index contributed by atoms with van der Waals surface area (Å²) in [6.07, 6.45) is 4.44. The molecule has 0 radical (unpaired) electrons. The molecule has 1 atom stereocenters. The van der Waals surface area contributed by atoms with Crippen LogP contribution in [0.5, 0.6) is 5.88 Å². The highest BCUT2D eigenvalue weighted by atomic mass is 28.4. The van der Waals surface area contributed by atoms with Gasteiger partial charge in [-0.15, -0.1) is 0 Å². The maximum absolute atomic E-state index is 12.5. The second kappa shape index (κ2) is 8.72. The number of pyridine rings is 2. The van der Waals surface area contributed by atoms with Gasteiger partial charge in [-0.2, -0.15) is 0 Å². The minimum atomic E-state index is -2.00. The van der Waals surface area contributed by atoms with E-state index in [0.29, 0.717) is 12.5 Å². The molecule has 33 heavy (non-hydrogen) atoms. The number of aromatic nitrogens is 2. The molecule has 0 saturated heterocycles. The second-order valence-corrected chi connectivity index (χ2v) is 14.6. The molecule has 0 saturated carbocycles. The number of carbonyl (C=O) groups is 1. The van der Waals surface area contributed by atoms with E-state index >= 15 is 0 Å². The Kier molecular flexibility index (Phi) is 6.11. The van der Waals surface area contributed by atoms with E-state index in [1.807, 2.05) is 48.7 Å². The summed E-state index contributed by atoms with van der Waals surface area (Å²) in [6, 6.07) is 13.4. The quantitative estimate of drug-likeness (QED) is 0.346. The van der Waals surface area contributed by atoms with E-state index in [-0.39, 0.29) is 11.1 Å². The lowest BCUT2D eigenvalue weighted by Crippen LogP contribution is -2.41. The monoisotopic (exact) mass is 461 g/mol. The highest BCUT2D eigenvalue weighted by molar-refractivity contribution is 6.74. The number of nitrogens with zero attached hydrogens (tertiary/aromatic N) is 3. The number of ether oxygens (including phenoxy) is 1. The van der Waals surface area contributed by atoms with Gasteiger partial charge in [0.1, 0.15) is 0 Å². The Labute approximate surface area is 196 Å². The predicted molar refractivity (Wildman–Crippen MR) is 133 cm³/mol. The van der Waals surface area contributed by atoms with Gasteiger partial charge in [0, 0.05) is 29.6 Å². The summed E-state index contributed by atoms with van der Waals surface area (Å²) in [4.78, 5) is 23.2. The third kappa shape index (κ3) is 4.18. The Hall–Kier alpha value is -3.03. The lowest BCUT2D eigenvalue weighted by atomic mass is 9.84. The second-order valence-electron chi connectivity index (χ2n) is 9.83. The summed E-state index contributed by atoms with van der Waals surface area (Å²) < 4.78 is 11.9. The Morgan fingerprint density at radius 2 is 1.79 bits per heavy atom. The molecule has 1 amide bonds. The largest absolute Gasteiger partial charge is 0.481 e. The first kappa shape index (κ1) is 23.1. The lowest BCUT2D eigenvalue weighted by molar-refractivity contribution is -0.107. The molecule has 1 unspecified atom stereocenters. The number of hydrogen-bond donors (Lipinski definition) is 0. The van der Waals surface area contributed by atoms with E-state index in [1.165, 1.54) is 0 Å². The summed E-state index contributed by atoms with van der Waals surface area (Å²) in [5.74, 6) is 0.502. The normalized spacial score (nSPS) is 15.6. The third-order valence-corrected chi connectivity index (χ3v) is 11.3. The first-order chi connectivity index (χ1) is 15.7. The topological polar surface area (TPSA) is 64.6 Å². The Morgan fingerprint density at radius 1 is 1.06 bits per heavy atom. The lowest BCUT2D eigenvalue weighted by Gasteiger charge is -2.39. The van der Waals surface area contributed by atoms with Crippen LogP contribution in [0.25, 0.3) is 11.1 Å². The summed E-state index contributed by atoms with van der Waals surface area (Å²) >= 11 is 0. The maximum Gasteiger partial charge on any atom is 0.215 e.